The van der Waals surface area contributed by atoms with Gasteiger partial charge < -0.3 is 20.6 Å². The Balaban J connectivity index is 1.49. The summed E-state index contributed by atoms with van der Waals surface area (Å²) in [7, 11) is 0. The lowest BCUT2D eigenvalue weighted by molar-refractivity contribution is -0.00709. The molecule has 6 heteroatoms. The van der Waals surface area contributed by atoms with E-state index in [-0.39, 0.29) is 5.92 Å². The zero-order valence-electron chi connectivity index (χ0n) is 21.1. The van der Waals surface area contributed by atoms with E-state index in [2.05, 4.69) is 58.2 Å². The second kappa shape index (κ2) is 11.2. The number of nitrogens with zero attached hydrogens (tertiary/aromatic N) is 2. The number of rotatable bonds is 6. The van der Waals surface area contributed by atoms with Crippen molar-refractivity contribution in [3.8, 4) is 0 Å². The molecule has 3 atom stereocenters. The summed E-state index contributed by atoms with van der Waals surface area (Å²) in [4.78, 5) is 6.87. The van der Waals surface area contributed by atoms with Gasteiger partial charge in [-0.25, -0.2) is 4.99 Å². The molecule has 5 rings (SSSR count). The van der Waals surface area contributed by atoms with Gasteiger partial charge in [-0.2, -0.15) is 0 Å². The lowest BCUT2D eigenvalue weighted by Crippen LogP contribution is -2.45. The number of halogens is 1. The SMILES string of the molecule is C=C=C1/C(=C\N=C(C)NC2=CCC=C2)CC(c2ccc(Cl)cc2C2CCCNC2)C(O)N1CC1CC1. The monoisotopic (exact) mass is 504 g/mol. The minimum absolute atomic E-state index is 0.0785. The molecule has 2 aliphatic carbocycles. The lowest BCUT2D eigenvalue weighted by Gasteiger charge is -2.43. The lowest BCUT2D eigenvalue weighted by atomic mass is 9.78. The standard InChI is InChI=1S/C30H37ClN4O/c1-3-29-23(18-33-20(2)34-25-8-4-5-9-25)15-28(30(36)35(29)19-21-10-11-21)26-13-12-24(31)16-27(26)22-7-6-14-32-17-22/h4,8-9,12-13,16,18,21-22,28,30,32,36H,1,5-7,10-11,14-15,17,19H2,2H3,(H,33,34)/b23-18-. The van der Waals surface area contributed by atoms with Crippen LogP contribution in [0.2, 0.25) is 5.02 Å². The van der Waals surface area contributed by atoms with Crippen molar-refractivity contribution < 1.29 is 5.11 Å². The van der Waals surface area contributed by atoms with E-state index in [4.69, 9.17) is 16.6 Å². The first kappa shape index (κ1) is 25.1. The molecular formula is C30H37ClN4O. The number of aliphatic hydroxyl groups excluding tert-OH is 1. The number of aliphatic imine (C=N–C) groups is 1. The Morgan fingerprint density at radius 1 is 1.33 bits per heavy atom. The number of benzene rings is 1. The maximum absolute atomic E-state index is 11.7. The summed E-state index contributed by atoms with van der Waals surface area (Å²) < 4.78 is 0. The predicted octanol–water partition coefficient (Wildman–Crippen LogP) is 5.73. The van der Waals surface area contributed by atoms with Crippen LogP contribution in [0.25, 0.3) is 0 Å². The highest BCUT2D eigenvalue weighted by Crippen LogP contribution is 2.44. The molecular weight excluding hydrogens is 468 g/mol. The Bertz CT molecular complexity index is 1150. The summed E-state index contributed by atoms with van der Waals surface area (Å²) >= 11 is 6.48. The Kier molecular flexibility index (Phi) is 7.83. The number of amidine groups is 1. The van der Waals surface area contributed by atoms with Gasteiger partial charge in [0.2, 0.25) is 0 Å². The zero-order chi connectivity index (χ0) is 25.1. The van der Waals surface area contributed by atoms with E-state index in [1.165, 1.54) is 24.0 Å². The maximum atomic E-state index is 11.7. The molecule has 5 nitrogen and oxygen atoms in total. The molecule has 4 aliphatic rings. The van der Waals surface area contributed by atoms with Crippen LogP contribution in [0.5, 0.6) is 0 Å². The fourth-order valence-electron chi connectivity index (χ4n) is 5.67. The van der Waals surface area contributed by atoms with Crippen LogP contribution in [0.15, 0.2) is 76.9 Å². The van der Waals surface area contributed by atoms with Crippen molar-refractivity contribution >= 4 is 17.4 Å². The van der Waals surface area contributed by atoms with Crippen LogP contribution in [-0.4, -0.2) is 41.7 Å². The van der Waals surface area contributed by atoms with Gasteiger partial charge in [-0.05, 0) is 93.2 Å². The van der Waals surface area contributed by atoms with Gasteiger partial charge in [0.25, 0.3) is 0 Å². The first-order valence-corrected chi connectivity index (χ1v) is 13.6. The molecule has 36 heavy (non-hydrogen) atoms. The third kappa shape index (κ3) is 5.71. The zero-order valence-corrected chi connectivity index (χ0v) is 21.9. The summed E-state index contributed by atoms with van der Waals surface area (Å²) in [5.41, 5.74) is 8.60. The van der Waals surface area contributed by atoms with Gasteiger partial charge in [0, 0.05) is 41.5 Å². The Labute approximate surface area is 220 Å². The number of hydrogen-bond donors (Lipinski definition) is 3. The van der Waals surface area contributed by atoms with E-state index in [9.17, 15) is 5.11 Å². The van der Waals surface area contributed by atoms with E-state index in [0.29, 0.717) is 18.3 Å². The summed E-state index contributed by atoms with van der Waals surface area (Å²) in [5, 5.41) is 19.4. The van der Waals surface area contributed by atoms with Gasteiger partial charge in [0.15, 0.2) is 0 Å². The van der Waals surface area contributed by atoms with Crippen molar-refractivity contribution in [2.45, 2.75) is 63.5 Å². The summed E-state index contributed by atoms with van der Waals surface area (Å²) in [6.45, 7) is 8.80. The van der Waals surface area contributed by atoms with Crippen molar-refractivity contribution in [3.63, 3.8) is 0 Å². The van der Waals surface area contributed by atoms with E-state index in [1.807, 2.05) is 19.2 Å². The molecule has 2 heterocycles. The predicted molar refractivity (Wildman–Crippen MR) is 148 cm³/mol. The number of allylic oxidation sites excluding steroid dienone is 4. The first-order chi connectivity index (χ1) is 17.5. The van der Waals surface area contributed by atoms with Gasteiger partial charge in [-0.15, -0.1) is 5.73 Å². The normalized spacial score (nSPS) is 27.9. The number of piperidine rings is 2. The molecule has 3 N–H and O–H groups in total. The maximum Gasteiger partial charge on any atom is 0.134 e. The average Bonchev–Trinajstić information content (AvgIpc) is 3.57. The number of hydrogen-bond acceptors (Lipinski definition) is 4. The molecule has 1 aromatic rings. The smallest absolute Gasteiger partial charge is 0.134 e. The third-order valence-corrected chi connectivity index (χ3v) is 7.96. The molecule has 190 valence electrons. The summed E-state index contributed by atoms with van der Waals surface area (Å²) in [5.74, 6) is 1.77. The molecule has 0 amide bonds. The average molecular weight is 505 g/mol. The van der Waals surface area contributed by atoms with Gasteiger partial charge in [0.1, 0.15) is 12.1 Å². The number of nitrogens with one attached hydrogen (secondary N) is 2. The van der Waals surface area contributed by atoms with Crippen LogP contribution < -0.4 is 10.6 Å². The van der Waals surface area contributed by atoms with E-state index >= 15 is 0 Å². The van der Waals surface area contributed by atoms with Crippen molar-refractivity contribution in [1.82, 2.24) is 15.5 Å². The summed E-state index contributed by atoms with van der Waals surface area (Å²) in [6.07, 6.45) is 14.0. The minimum Gasteiger partial charge on any atom is -0.373 e. The van der Waals surface area contributed by atoms with Crippen LogP contribution in [-0.2, 0) is 0 Å². The molecule has 0 aromatic heterocycles. The molecule has 0 bridgehead atoms. The summed E-state index contributed by atoms with van der Waals surface area (Å²) in [6, 6.07) is 6.21. The fraction of sp³-hybridized carbons (Fsp3) is 0.467. The molecule has 2 aliphatic heterocycles. The Morgan fingerprint density at radius 2 is 2.19 bits per heavy atom. The van der Waals surface area contributed by atoms with Gasteiger partial charge in [-0.3, -0.25) is 0 Å². The van der Waals surface area contributed by atoms with E-state index in [1.54, 1.807) is 0 Å². The van der Waals surface area contributed by atoms with Crippen LogP contribution in [0.1, 0.15) is 68.4 Å². The largest absolute Gasteiger partial charge is 0.373 e. The molecule has 3 unspecified atom stereocenters. The Morgan fingerprint density at radius 3 is 2.89 bits per heavy atom. The molecule has 0 spiro atoms. The second-order valence-corrected chi connectivity index (χ2v) is 10.9. The van der Waals surface area contributed by atoms with Gasteiger partial charge >= 0.3 is 0 Å². The molecule has 2 saturated heterocycles. The number of likely N-dealkylation sites (tertiary alicyclic amines) is 1. The molecule has 1 saturated carbocycles. The molecule has 3 fully saturated rings. The second-order valence-electron chi connectivity index (χ2n) is 10.5. The minimum atomic E-state index is -0.638. The van der Waals surface area contributed by atoms with E-state index in [0.717, 1.165) is 66.7 Å². The van der Waals surface area contributed by atoms with Crippen LogP contribution in [0, 0.1) is 5.92 Å². The van der Waals surface area contributed by atoms with Gasteiger partial charge in [0.05, 0.1) is 5.70 Å². The first-order valence-electron chi connectivity index (χ1n) is 13.3. The molecule has 0 radical (unpaired) electrons. The van der Waals surface area contributed by atoms with Crippen molar-refractivity contribution in [1.29, 1.82) is 0 Å². The molecule has 1 aromatic carbocycles. The van der Waals surface area contributed by atoms with Crippen molar-refractivity contribution in [2.75, 3.05) is 19.6 Å². The fourth-order valence-corrected chi connectivity index (χ4v) is 5.85. The quantitative estimate of drug-likeness (QED) is 0.263. The van der Waals surface area contributed by atoms with Crippen molar-refractivity contribution in [3.05, 3.63) is 88.1 Å². The highest BCUT2D eigenvalue weighted by Gasteiger charge is 2.40. The van der Waals surface area contributed by atoms with Gasteiger partial charge in [-0.1, -0.05) is 36.4 Å². The van der Waals surface area contributed by atoms with Crippen LogP contribution in [0.3, 0.4) is 0 Å². The highest BCUT2D eigenvalue weighted by atomic mass is 35.5. The number of aliphatic hydroxyl groups is 1. The highest BCUT2D eigenvalue weighted by molar-refractivity contribution is 6.30. The third-order valence-electron chi connectivity index (χ3n) is 7.73. The van der Waals surface area contributed by atoms with Crippen molar-refractivity contribution in [2.24, 2.45) is 10.9 Å². The van der Waals surface area contributed by atoms with Crippen LogP contribution in [0.4, 0.5) is 0 Å². The van der Waals surface area contributed by atoms with Crippen LogP contribution >= 0.6 is 11.6 Å². The topological polar surface area (TPSA) is 59.9 Å². The van der Waals surface area contributed by atoms with E-state index < -0.39 is 6.23 Å². The Hall–Kier alpha value is -2.56.